The minimum atomic E-state index is -0.195. The van der Waals surface area contributed by atoms with Crippen molar-refractivity contribution in [2.45, 2.75) is 18.9 Å². The molecule has 0 amide bonds. The fourth-order valence-corrected chi connectivity index (χ4v) is 2.72. The zero-order valence-corrected chi connectivity index (χ0v) is 11.7. The molecule has 2 rings (SSSR count). The van der Waals surface area contributed by atoms with Crippen LogP contribution in [-0.4, -0.2) is 49.6 Å². The van der Waals surface area contributed by atoms with Gasteiger partial charge in [-0.1, -0.05) is 12.1 Å². The number of nitrogens with two attached hydrogens (primary N) is 1. The van der Waals surface area contributed by atoms with Gasteiger partial charge in [-0.05, 0) is 50.7 Å². The van der Waals surface area contributed by atoms with Gasteiger partial charge in [0.1, 0.15) is 5.82 Å². The Labute approximate surface area is 115 Å². The predicted molar refractivity (Wildman–Crippen MR) is 76.5 cm³/mol. The number of hydrogen-bond donors (Lipinski definition) is 1. The van der Waals surface area contributed by atoms with Gasteiger partial charge < -0.3 is 10.6 Å². The largest absolute Gasteiger partial charge is 0.329 e. The van der Waals surface area contributed by atoms with Crippen LogP contribution >= 0.6 is 0 Å². The van der Waals surface area contributed by atoms with Gasteiger partial charge in [-0.2, -0.15) is 0 Å². The maximum absolute atomic E-state index is 13.0. The van der Waals surface area contributed by atoms with Gasteiger partial charge in [0.2, 0.25) is 0 Å². The molecule has 0 spiro atoms. The number of benzene rings is 1. The standard InChI is InChI=1S/C15H24FN3/c1-18(10-11-19-8-2-3-9-19)15(12-17)13-4-6-14(16)7-5-13/h4-7,15H,2-3,8-12,17H2,1H3. The van der Waals surface area contributed by atoms with Gasteiger partial charge in [0.05, 0.1) is 0 Å². The van der Waals surface area contributed by atoms with Crippen molar-refractivity contribution in [2.75, 3.05) is 39.8 Å². The number of halogens is 1. The Morgan fingerprint density at radius 2 is 1.89 bits per heavy atom. The van der Waals surface area contributed by atoms with Gasteiger partial charge >= 0.3 is 0 Å². The van der Waals surface area contributed by atoms with Crippen LogP contribution in [0.4, 0.5) is 4.39 Å². The molecular weight excluding hydrogens is 241 g/mol. The minimum absolute atomic E-state index is 0.170. The van der Waals surface area contributed by atoms with Crippen molar-refractivity contribution < 1.29 is 4.39 Å². The SMILES string of the molecule is CN(CCN1CCCC1)C(CN)c1ccc(F)cc1. The molecule has 2 N–H and O–H groups in total. The summed E-state index contributed by atoms with van der Waals surface area (Å²) in [5, 5.41) is 0. The lowest BCUT2D eigenvalue weighted by molar-refractivity contribution is 0.209. The molecule has 1 heterocycles. The van der Waals surface area contributed by atoms with Crippen LogP contribution in [0.25, 0.3) is 0 Å². The van der Waals surface area contributed by atoms with E-state index >= 15 is 0 Å². The predicted octanol–water partition coefficient (Wildman–Crippen LogP) is 1.85. The normalized spacial score (nSPS) is 18.1. The first-order valence-electron chi connectivity index (χ1n) is 7.09. The molecule has 1 aliphatic rings. The van der Waals surface area contributed by atoms with E-state index in [9.17, 15) is 4.39 Å². The average Bonchev–Trinajstić information content (AvgIpc) is 2.92. The highest BCUT2D eigenvalue weighted by molar-refractivity contribution is 5.20. The lowest BCUT2D eigenvalue weighted by atomic mass is 10.1. The third kappa shape index (κ3) is 4.00. The molecule has 1 fully saturated rings. The van der Waals surface area contributed by atoms with E-state index in [1.54, 1.807) is 0 Å². The van der Waals surface area contributed by atoms with Crippen molar-refractivity contribution in [1.29, 1.82) is 0 Å². The number of rotatable bonds is 6. The van der Waals surface area contributed by atoms with Crippen LogP contribution in [0.5, 0.6) is 0 Å². The maximum atomic E-state index is 13.0. The highest BCUT2D eigenvalue weighted by Gasteiger charge is 2.17. The van der Waals surface area contributed by atoms with Gasteiger partial charge in [0.25, 0.3) is 0 Å². The van der Waals surface area contributed by atoms with Crippen molar-refractivity contribution >= 4 is 0 Å². The Bertz CT molecular complexity index is 373. The minimum Gasteiger partial charge on any atom is -0.329 e. The zero-order valence-electron chi connectivity index (χ0n) is 11.7. The van der Waals surface area contributed by atoms with Crippen molar-refractivity contribution in [3.63, 3.8) is 0 Å². The molecule has 0 aliphatic carbocycles. The van der Waals surface area contributed by atoms with Gasteiger partial charge in [0, 0.05) is 25.7 Å². The monoisotopic (exact) mass is 265 g/mol. The lowest BCUT2D eigenvalue weighted by Gasteiger charge is -2.29. The molecule has 0 bridgehead atoms. The summed E-state index contributed by atoms with van der Waals surface area (Å²) in [5.74, 6) is -0.195. The summed E-state index contributed by atoms with van der Waals surface area (Å²) < 4.78 is 13.0. The first-order chi connectivity index (χ1) is 9.20. The Balaban J connectivity index is 1.90. The molecule has 106 valence electrons. The Kier molecular flexibility index (Phi) is 5.31. The third-order valence-electron chi connectivity index (χ3n) is 3.98. The van der Waals surface area contributed by atoms with E-state index in [-0.39, 0.29) is 11.9 Å². The molecule has 1 saturated heterocycles. The summed E-state index contributed by atoms with van der Waals surface area (Å²) in [6, 6.07) is 6.85. The smallest absolute Gasteiger partial charge is 0.123 e. The van der Waals surface area contributed by atoms with E-state index in [1.165, 1.54) is 38.1 Å². The molecule has 1 aromatic rings. The van der Waals surface area contributed by atoms with Crippen molar-refractivity contribution in [3.05, 3.63) is 35.6 Å². The number of nitrogens with zero attached hydrogens (tertiary/aromatic N) is 2. The molecular formula is C15H24FN3. The second-order valence-electron chi connectivity index (χ2n) is 5.33. The first kappa shape index (κ1) is 14.4. The Morgan fingerprint density at radius 3 is 2.47 bits per heavy atom. The van der Waals surface area contributed by atoms with Crippen LogP contribution in [0.3, 0.4) is 0 Å². The fraction of sp³-hybridized carbons (Fsp3) is 0.600. The van der Waals surface area contributed by atoms with Crippen molar-refractivity contribution in [2.24, 2.45) is 5.73 Å². The van der Waals surface area contributed by atoms with E-state index in [4.69, 9.17) is 5.73 Å². The Morgan fingerprint density at radius 1 is 1.26 bits per heavy atom. The average molecular weight is 265 g/mol. The second-order valence-corrected chi connectivity index (χ2v) is 5.33. The number of likely N-dealkylation sites (N-methyl/N-ethyl adjacent to an activating group) is 1. The summed E-state index contributed by atoms with van der Waals surface area (Å²) in [7, 11) is 2.09. The van der Waals surface area contributed by atoms with E-state index in [1.807, 2.05) is 12.1 Å². The van der Waals surface area contributed by atoms with Crippen LogP contribution < -0.4 is 5.73 Å². The third-order valence-corrected chi connectivity index (χ3v) is 3.98. The molecule has 4 heteroatoms. The van der Waals surface area contributed by atoms with E-state index in [2.05, 4.69) is 16.8 Å². The van der Waals surface area contributed by atoms with Gasteiger partial charge in [-0.3, -0.25) is 4.90 Å². The van der Waals surface area contributed by atoms with E-state index in [0.717, 1.165) is 18.7 Å². The highest BCUT2D eigenvalue weighted by atomic mass is 19.1. The van der Waals surface area contributed by atoms with Crippen LogP contribution in [-0.2, 0) is 0 Å². The molecule has 1 aromatic carbocycles. The Hall–Kier alpha value is -0.970. The molecule has 1 aliphatic heterocycles. The summed E-state index contributed by atoms with van der Waals surface area (Å²) in [6.45, 7) is 5.09. The first-order valence-corrected chi connectivity index (χ1v) is 7.09. The fourth-order valence-electron chi connectivity index (χ4n) is 2.72. The van der Waals surface area contributed by atoms with Crippen molar-refractivity contribution in [1.82, 2.24) is 9.80 Å². The summed E-state index contributed by atoms with van der Waals surface area (Å²) in [4.78, 5) is 4.76. The molecule has 0 saturated carbocycles. The van der Waals surface area contributed by atoms with E-state index in [0.29, 0.717) is 6.54 Å². The van der Waals surface area contributed by atoms with Crippen LogP contribution in [0.1, 0.15) is 24.4 Å². The molecule has 0 aromatic heterocycles. The number of likely N-dealkylation sites (tertiary alicyclic amines) is 1. The molecule has 0 radical (unpaired) electrons. The van der Waals surface area contributed by atoms with Crippen LogP contribution in [0.15, 0.2) is 24.3 Å². The lowest BCUT2D eigenvalue weighted by Crippen LogP contribution is -2.36. The van der Waals surface area contributed by atoms with Gasteiger partial charge in [-0.15, -0.1) is 0 Å². The maximum Gasteiger partial charge on any atom is 0.123 e. The summed E-state index contributed by atoms with van der Waals surface area (Å²) in [6.07, 6.45) is 2.64. The highest BCUT2D eigenvalue weighted by Crippen LogP contribution is 2.18. The van der Waals surface area contributed by atoms with Crippen LogP contribution in [0.2, 0.25) is 0 Å². The molecule has 19 heavy (non-hydrogen) atoms. The van der Waals surface area contributed by atoms with E-state index < -0.39 is 0 Å². The zero-order chi connectivity index (χ0) is 13.7. The molecule has 1 atom stereocenters. The topological polar surface area (TPSA) is 32.5 Å². The molecule has 3 nitrogen and oxygen atoms in total. The second kappa shape index (κ2) is 6.98. The summed E-state index contributed by atoms with van der Waals surface area (Å²) >= 11 is 0. The van der Waals surface area contributed by atoms with Crippen molar-refractivity contribution in [3.8, 4) is 0 Å². The van der Waals surface area contributed by atoms with Gasteiger partial charge in [0.15, 0.2) is 0 Å². The quantitative estimate of drug-likeness (QED) is 0.852. The van der Waals surface area contributed by atoms with Gasteiger partial charge in [-0.25, -0.2) is 4.39 Å². The molecule has 1 unspecified atom stereocenters. The number of hydrogen-bond acceptors (Lipinski definition) is 3. The van der Waals surface area contributed by atoms with Crippen LogP contribution in [0, 0.1) is 5.82 Å². The summed E-state index contributed by atoms with van der Waals surface area (Å²) in [5.41, 5.74) is 6.97.